The van der Waals surface area contributed by atoms with Crippen LogP contribution in [0.2, 0.25) is 0 Å². The number of hydrogen-bond donors (Lipinski definition) is 2. The molecular formula is C31H37N9O2. The van der Waals surface area contributed by atoms with Gasteiger partial charge in [0.05, 0.1) is 24.2 Å². The Hall–Kier alpha value is -4.51. The van der Waals surface area contributed by atoms with Crippen LogP contribution in [0.5, 0.6) is 0 Å². The van der Waals surface area contributed by atoms with Crippen LogP contribution in [-0.4, -0.2) is 64.1 Å². The number of fused-ring (bicyclic) bond motifs is 1. The van der Waals surface area contributed by atoms with Crippen LogP contribution in [0.25, 0.3) is 33.7 Å². The van der Waals surface area contributed by atoms with E-state index in [1.54, 1.807) is 26.6 Å². The highest BCUT2D eigenvalue weighted by Gasteiger charge is 2.35. The van der Waals surface area contributed by atoms with Crippen LogP contribution in [0.3, 0.4) is 0 Å². The molecule has 0 atom stereocenters. The van der Waals surface area contributed by atoms with E-state index < -0.39 is 0 Å². The largest absolute Gasteiger partial charge is 0.475 e. The fraction of sp³-hybridized carbons (Fsp3) is 0.387. The minimum atomic E-state index is 0.162. The third-order valence-electron chi connectivity index (χ3n) is 7.72. The third kappa shape index (κ3) is 5.39. The number of ether oxygens (including phenoxy) is 2. The predicted molar refractivity (Wildman–Crippen MR) is 166 cm³/mol. The van der Waals surface area contributed by atoms with Gasteiger partial charge in [0.1, 0.15) is 18.1 Å². The van der Waals surface area contributed by atoms with Crippen molar-refractivity contribution in [1.29, 1.82) is 0 Å². The number of anilines is 1. The van der Waals surface area contributed by atoms with E-state index in [-0.39, 0.29) is 5.88 Å². The van der Waals surface area contributed by atoms with Crippen LogP contribution in [0.4, 0.5) is 5.69 Å². The number of aryl methyl sites for hydroxylation is 1. The number of imidazole rings is 1. The first-order valence-electron chi connectivity index (χ1n) is 14.3. The minimum absolute atomic E-state index is 0.162. The molecule has 0 bridgehead atoms. The monoisotopic (exact) mass is 567 g/mol. The molecule has 3 aromatic heterocycles. The summed E-state index contributed by atoms with van der Waals surface area (Å²) in [6.07, 6.45) is 9.82. The SMILES string of the molecule is CN=C/C(N=Cc1c(N)cccc1-c1nc(-c2cc3cn(C)nc3nc2C2CC2)n(C)c1C1CC1)=C(\N)OCCOC. The fourth-order valence-corrected chi connectivity index (χ4v) is 5.37. The Morgan fingerprint density at radius 2 is 1.88 bits per heavy atom. The van der Waals surface area contributed by atoms with Crippen molar-refractivity contribution in [2.45, 2.75) is 37.5 Å². The molecule has 42 heavy (non-hydrogen) atoms. The first-order chi connectivity index (χ1) is 20.4. The maximum Gasteiger partial charge on any atom is 0.212 e. The molecule has 4 N–H and O–H groups in total. The lowest BCUT2D eigenvalue weighted by Gasteiger charge is -2.11. The number of aliphatic imine (C=N–C) groups is 2. The highest BCUT2D eigenvalue weighted by molar-refractivity contribution is 5.98. The molecule has 1 aromatic carbocycles. The molecule has 11 heteroatoms. The van der Waals surface area contributed by atoms with E-state index in [9.17, 15) is 0 Å². The molecule has 0 spiro atoms. The number of rotatable bonds is 11. The standard InChI is InChI=1S/C31H37N9O2/c1-34-16-25(29(33)42-13-12-41-4)35-15-23-21(6-5-7-24(23)32)27-28(19-10-11-19)40(3)31(37-27)22-14-20-17-39(2)38-30(20)36-26(22)18-8-9-18/h5-7,14-19H,8-13,32-33H2,1-4H3/b29-25-,34-16?,35-15?. The Kier molecular flexibility index (Phi) is 7.51. The average Bonchev–Trinajstić information content (AvgIpc) is 3.91. The Labute approximate surface area is 245 Å². The van der Waals surface area contributed by atoms with Gasteiger partial charge < -0.3 is 25.5 Å². The van der Waals surface area contributed by atoms with Crippen molar-refractivity contribution in [3.05, 3.63) is 59.0 Å². The van der Waals surface area contributed by atoms with Gasteiger partial charge in [-0.25, -0.2) is 15.0 Å². The number of allylic oxidation sites excluding steroid dienone is 1. The van der Waals surface area contributed by atoms with Crippen LogP contribution >= 0.6 is 0 Å². The van der Waals surface area contributed by atoms with E-state index in [4.69, 9.17) is 30.9 Å². The van der Waals surface area contributed by atoms with Crippen LogP contribution < -0.4 is 11.5 Å². The highest BCUT2D eigenvalue weighted by Crippen LogP contribution is 2.48. The second-order valence-electron chi connectivity index (χ2n) is 11.0. The first kappa shape index (κ1) is 27.6. The van der Waals surface area contributed by atoms with Gasteiger partial charge in [-0.15, -0.1) is 0 Å². The van der Waals surface area contributed by atoms with Crippen molar-refractivity contribution < 1.29 is 9.47 Å². The summed E-state index contributed by atoms with van der Waals surface area (Å²) in [6, 6.07) is 8.07. The van der Waals surface area contributed by atoms with Gasteiger partial charge >= 0.3 is 0 Å². The van der Waals surface area contributed by atoms with Crippen molar-refractivity contribution in [1.82, 2.24) is 24.3 Å². The number of nitrogens with two attached hydrogens (primary N) is 2. The van der Waals surface area contributed by atoms with Gasteiger partial charge in [0.25, 0.3) is 0 Å². The number of pyridine rings is 1. The molecule has 4 aromatic rings. The third-order valence-corrected chi connectivity index (χ3v) is 7.72. The molecule has 2 saturated carbocycles. The minimum Gasteiger partial charge on any atom is -0.475 e. The molecule has 0 amide bonds. The normalized spacial score (nSPS) is 16.2. The van der Waals surface area contributed by atoms with Crippen LogP contribution in [-0.2, 0) is 23.6 Å². The van der Waals surface area contributed by atoms with E-state index in [2.05, 4.69) is 38.8 Å². The van der Waals surface area contributed by atoms with Crippen molar-refractivity contribution in [3.63, 3.8) is 0 Å². The van der Waals surface area contributed by atoms with E-state index in [0.29, 0.717) is 36.4 Å². The lowest BCUT2D eigenvalue weighted by atomic mass is 10.0. The van der Waals surface area contributed by atoms with Gasteiger partial charge in [-0.2, -0.15) is 5.10 Å². The number of aromatic nitrogens is 5. The van der Waals surface area contributed by atoms with Gasteiger partial charge in [-0.05, 0) is 37.8 Å². The molecule has 2 aliphatic carbocycles. The molecular weight excluding hydrogens is 530 g/mol. The molecule has 0 radical (unpaired) electrons. The van der Waals surface area contributed by atoms with E-state index in [1.165, 1.54) is 5.69 Å². The number of hydrogen-bond acceptors (Lipinski definition) is 9. The number of benzene rings is 1. The Morgan fingerprint density at radius 3 is 2.60 bits per heavy atom. The zero-order valence-electron chi connectivity index (χ0n) is 24.5. The first-order valence-corrected chi connectivity index (χ1v) is 14.3. The molecule has 6 rings (SSSR count). The lowest BCUT2D eigenvalue weighted by molar-refractivity contribution is 0.108. The summed E-state index contributed by atoms with van der Waals surface area (Å²) in [5, 5.41) is 5.57. The quantitative estimate of drug-likeness (QED) is 0.119. The van der Waals surface area contributed by atoms with Gasteiger partial charge in [0, 0.05) is 86.0 Å². The maximum atomic E-state index is 6.55. The van der Waals surface area contributed by atoms with Crippen molar-refractivity contribution in [2.75, 3.05) is 33.1 Å². The Morgan fingerprint density at radius 1 is 1.10 bits per heavy atom. The molecule has 218 valence electrons. The van der Waals surface area contributed by atoms with E-state index >= 15 is 0 Å². The number of nitrogen functional groups attached to an aromatic ring is 1. The predicted octanol–water partition coefficient (Wildman–Crippen LogP) is 4.28. The molecule has 0 aliphatic heterocycles. The van der Waals surface area contributed by atoms with Gasteiger partial charge in [0.2, 0.25) is 5.88 Å². The molecule has 3 heterocycles. The maximum absolute atomic E-state index is 6.55. The summed E-state index contributed by atoms with van der Waals surface area (Å²) >= 11 is 0. The number of methoxy groups -OCH3 is 1. The zero-order chi connectivity index (χ0) is 29.4. The van der Waals surface area contributed by atoms with Gasteiger partial charge in [0.15, 0.2) is 5.65 Å². The summed E-state index contributed by atoms with van der Waals surface area (Å²) in [5.41, 5.74) is 20.4. The topological polar surface area (TPSA) is 144 Å². The smallest absolute Gasteiger partial charge is 0.212 e. The molecule has 2 aliphatic rings. The van der Waals surface area contributed by atoms with E-state index in [0.717, 1.165) is 70.6 Å². The van der Waals surface area contributed by atoms with Crippen molar-refractivity contribution in [3.8, 4) is 22.6 Å². The second-order valence-corrected chi connectivity index (χ2v) is 11.0. The summed E-state index contributed by atoms with van der Waals surface area (Å²) in [6.45, 7) is 0.718. The summed E-state index contributed by atoms with van der Waals surface area (Å²) in [7, 11) is 7.30. The van der Waals surface area contributed by atoms with Crippen LogP contribution in [0.1, 0.15) is 54.5 Å². The summed E-state index contributed by atoms with van der Waals surface area (Å²) in [5.74, 6) is 1.94. The van der Waals surface area contributed by atoms with Crippen molar-refractivity contribution >= 4 is 29.1 Å². The molecule has 11 nitrogen and oxygen atoms in total. The molecule has 2 fully saturated rings. The van der Waals surface area contributed by atoms with E-state index in [1.807, 2.05) is 30.1 Å². The van der Waals surface area contributed by atoms with Crippen LogP contribution in [0, 0.1) is 0 Å². The van der Waals surface area contributed by atoms with Crippen molar-refractivity contribution in [2.24, 2.45) is 29.8 Å². The Balaban J connectivity index is 1.47. The van der Waals surface area contributed by atoms with Gasteiger partial charge in [-0.3, -0.25) is 9.67 Å². The lowest BCUT2D eigenvalue weighted by Crippen LogP contribution is -2.11. The highest BCUT2D eigenvalue weighted by atomic mass is 16.5. The fourth-order valence-electron chi connectivity index (χ4n) is 5.37. The molecule has 0 unspecified atom stereocenters. The molecule has 0 saturated heterocycles. The van der Waals surface area contributed by atoms with Gasteiger partial charge in [-0.1, -0.05) is 12.1 Å². The second kappa shape index (κ2) is 11.4. The van der Waals surface area contributed by atoms with Crippen LogP contribution in [0.15, 0.2) is 52.0 Å². The zero-order valence-corrected chi connectivity index (χ0v) is 24.5. The summed E-state index contributed by atoms with van der Waals surface area (Å²) < 4.78 is 14.7. The Bertz CT molecular complexity index is 1720. The number of nitrogens with zero attached hydrogens (tertiary/aromatic N) is 7. The average molecular weight is 568 g/mol. The summed E-state index contributed by atoms with van der Waals surface area (Å²) in [4.78, 5) is 19.1.